The van der Waals surface area contributed by atoms with Crippen LogP contribution in [0.5, 0.6) is 0 Å². The molecule has 2 aliphatic rings. The van der Waals surface area contributed by atoms with Gasteiger partial charge in [0.05, 0.1) is 49.8 Å². The van der Waals surface area contributed by atoms with E-state index in [0.717, 1.165) is 171 Å². The van der Waals surface area contributed by atoms with Crippen LogP contribution < -0.4 is 21.3 Å². The Morgan fingerprint density at radius 2 is 0.711 bits per heavy atom. The quantitative estimate of drug-likeness (QED) is 0.127. The highest BCUT2D eigenvalue weighted by Gasteiger charge is 2.45. The van der Waals surface area contributed by atoms with Crippen LogP contribution in [0.15, 0.2) is 361 Å². The zero-order valence-corrected chi connectivity index (χ0v) is 66.0. The van der Waals surface area contributed by atoms with Crippen molar-refractivity contribution in [3.63, 3.8) is 0 Å². The predicted octanol–water partition coefficient (Wildman–Crippen LogP) is 27.6. The second-order valence-electron chi connectivity index (χ2n) is 33.9. The first-order valence-electron chi connectivity index (χ1n) is 43.5. The number of hydrogen-bond acceptors (Lipinski definition) is 2. The average Bonchev–Trinajstić information content (AvgIpc) is 0.725. The molecule has 6 heteroatoms. The minimum Gasteiger partial charge on any atom is -0.310 e. The van der Waals surface area contributed by atoms with Gasteiger partial charge in [0, 0.05) is 81.7 Å². The Morgan fingerprint density at radius 1 is 0.281 bits per heavy atom. The summed E-state index contributed by atoms with van der Waals surface area (Å²) in [7, 11) is 0. The first-order valence-corrected chi connectivity index (χ1v) is 40.3. The van der Waals surface area contributed by atoms with E-state index in [1.807, 2.05) is 17.8 Å². The number of rotatable bonds is 10. The number of fused-ring (bicyclic) bond motifs is 13. The first kappa shape index (κ1) is 60.8. The maximum atomic E-state index is 9.98. The third kappa shape index (κ3) is 11.3. The van der Waals surface area contributed by atoms with Gasteiger partial charge in [-0.05, 0) is 203 Å². The normalized spacial score (nSPS) is 13.9. The molecule has 0 saturated heterocycles. The van der Waals surface area contributed by atoms with Crippen LogP contribution in [-0.2, 0) is 16.2 Å². The van der Waals surface area contributed by atoms with Crippen molar-refractivity contribution >= 4 is 117 Å². The smallest absolute Gasteiger partial charge is 0.249 e. The predicted molar refractivity (Wildman–Crippen MR) is 488 cm³/mol. The fourth-order valence-corrected chi connectivity index (χ4v) is 19.4. The molecule has 4 nitrogen and oxygen atoms in total. The van der Waals surface area contributed by atoms with Gasteiger partial charge in [-0.25, -0.2) is 0 Å². The summed E-state index contributed by atoms with van der Waals surface area (Å²) in [5.41, 5.74) is 27.7. The SMILES string of the molecule is [2H]c1c([2H])c([2H])c2c(c1[2H])c1c([2H])c([2H])c([2H])c([2H])c1n2-c1ccc2c(c1)N(c1c(-c3ccc(C(C)(C)C)cc3)cccc1-c1ccc(C(C)(C)C)cc1)c1cc(C(C)(C)C)cc3c1B2c1cc(-c2cc(-c4ccccc4)cc(-c4ccccc4)c2)cc(-c2cc(-n4c5ccccc5c5ccccc54)cc(-n4c5ccccc5c5ccccc54)c2)c1S3. The van der Waals surface area contributed by atoms with Crippen LogP contribution >= 0.6 is 11.8 Å². The molecule has 2 aliphatic heterocycles. The van der Waals surface area contributed by atoms with Crippen LogP contribution in [0, 0.1) is 0 Å². The van der Waals surface area contributed by atoms with Gasteiger partial charge in [-0.2, -0.15) is 0 Å². The molecule has 0 bridgehead atoms. The fraction of sp³-hybridized carbons (Fsp3) is 0.111. The second kappa shape index (κ2) is 26.4. The van der Waals surface area contributed by atoms with Crippen molar-refractivity contribution < 1.29 is 11.0 Å². The third-order valence-corrected chi connectivity index (χ3v) is 25.0. The molecule has 5 heterocycles. The lowest BCUT2D eigenvalue weighted by atomic mass is 9.34. The highest BCUT2D eigenvalue weighted by Crippen LogP contribution is 2.53. The number of aromatic nitrogens is 3. The van der Waals surface area contributed by atoms with Gasteiger partial charge in [0.2, 0.25) is 6.71 Å². The highest BCUT2D eigenvalue weighted by molar-refractivity contribution is 8.00. The van der Waals surface area contributed by atoms with Gasteiger partial charge in [-0.3, -0.25) is 0 Å². The van der Waals surface area contributed by atoms with Crippen molar-refractivity contribution in [2.75, 3.05) is 4.90 Å². The number of nitrogens with zero attached hydrogens (tertiary/aromatic N) is 4. The van der Waals surface area contributed by atoms with E-state index in [4.69, 9.17) is 0 Å². The van der Waals surface area contributed by atoms with Crippen molar-refractivity contribution in [2.24, 2.45) is 0 Å². The fourth-order valence-electron chi connectivity index (χ4n) is 18.1. The summed E-state index contributed by atoms with van der Waals surface area (Å²) in [6, 6.07) is 108. The lowest BCUT2D eigenvalue weighted by molar-refractivity contribution is 0.589. The maximum Gasteiger partial charge on any atom is 0.249 e. The number of anilines is 3. The Morgan fingerprint density at radius 3 is 1.18 bits per heavy atom. The van der Waals surface area contributed by atoms with E-state index in [0.29, 0.717) is 5.69 Å². The Bertz CT molecular complexity index is 7190. The summed E-state index contributed by atoms with van der Waals surface area (Å²) < 4.78 is 83.1. The van der Waals surface area contributed by atoms with Gasteiger partial charge in [0.25, 0.3) is 0 Å². The summed E-state index contributed by atoms with van der Waals surface area (Å²) >= 11 is 1.83. The van der Waals surface area contributed by atoms with E-state index in [1.54, 1.807) is 4.57 Å². The molecule has 0 N–H and O–H groups in total. The molecule has 0 unspecified atom stereocenters. The van der Waals surface area contributed by atoms with Gasteiger partial charge < -0.3 is 18.6 Å². The molecule has 3 aromatic heterocycles. The molecule has 114 heavy (non-hydrogen) atoms. The number of para-hydroxylation sites is 7. The van der Waals surface area contributed by atoms with Crippen LogP contribution in [0.2, 0.25) is 0 Å². The summed E-state index contributed by atoms with van der Waals surface area (Å²) in [5.74, 6) is 0. The van der Waals surface area contributed by atoms with Gasteiger partial charge in [0.15, 0.2) is 0 Å². The third-order valence-electron chi connectivity index (χ3n) is 23.8. The largest absolute Gasteiger partial charge is 0.310 e. The molecule has 0 aliphatic carbocycles. The second-order valence-corrected chi connectivity index (χ2v) is 34.9. The molecule has 0 radical (unpaired) electrons. The summed E-state index contributed by atoms with van der Waals surface area (Å²) in [4.78, 5) is 4.64. The first-order chi connectivity index (χ1) is 58.7. The average molecular weight is 1490 g/mol. The Labute approximate surface area is 683 Å². The molecule has 16 aromatic carbocycles. The van der Waals surface area contributed by atoms with Crippen molar-refractivity contribution in [3.8, 4) is 83.8 Å². The summed E-state index contributed by atoms with van der Waals surface area (Å²) in [6.07, 6.45) is 0. The van der Waals surface area contributed by atoms with E-state index >= 15 is 0 Å². The maximum absolute atomic E-state index is 9.98. The number of benzene rings is 16. The minimum atomic E-state index is -0.520. The number of hydrogen-bond donors (Lipinski definition) is 0. The molecular formula is C108H85BN4S. The van der Waals surface area contributed by atoms with Crippen molar-refractivity contribution in [3.05, 3.63) is 368 Å². The minimum absolute atomic E-state index is 0.0102. The van der Waals surface area contributed by atoms with Crippen LogP contribution in [0.25, 0.3) is 149 Å². The van der Waals surface area contributed by atoms with Crippen LogP contribution in [-0.4, -0.2) is 20.4 Å². The molecule has 546 valence electrons. The zero-order chi connectivity index (χ0) is 84.0. The lowest BCUT2D eigenvalue weighted by Gasteiger charge is -2.43. The Hall–Kier alpha value is -12.9. The molecule has 0 spiro atoms. The van der Waals surface area contributed by atoms with E-state index in [-0.39, 0.29) is 44.7 Å². The van der Waals surface area contributed by atoms with Crippen molar-refractivity contribution in [1.29, 1.82) is 0 Å². The molecule has 0 fully saturated rings. The molecule has 0 amide bonds. The molecule has 21 rings (SSSR count). The topological polar surface area (TPSA) is 18.0 Å². The Balaban J connectivity index is 0.929. The van der Waals surface area contributed by atoms with E-state index in [2.05, 4.69) is 374 Å². The van der Waals surface area contributed by atoms with Crippen molar-refractivity contribution in [1.82, 2.24) is 13.7 Å². The standard InChI is InChI=1S/C108H85BN4S/c1-106(2,3)77-51-47-70(48-52-77)83-39-28-40-84(71-49-53-78(54-50-71)107(4,5)6)104(83)113-100-67-80(110-94-41-22-16-33-85(94)86-34-17-23-42-95(86)110)55-56-92(100)109-93-63-75(74-58-72(68-29-12-10-13-30-68)57-73(59-74)69-31-14-11-15-32-69)62-91(105(93)114-102-65-79(108(7,8)9)64-101(113)103(102)109)76-60-81(111-96-43-24-18-35-87(96)88-36-19-25-44-97(88)111)66-82(61-76)112-98-45-26-20-37-89(98)90-38-21-27-46-99(90)112/h10-67H,1-9H3/i16D,17D,22D,23D,33D,34D,41D,42D. The monoisotopic (exact) mass is 1490 g/mol. The molecule has 0 atom stereocenters. The summed E-state index contributed by atoms with van der Waals surface area (Å²) in [5, 5.41) is 4.64. The van der Waals surface area contributed by atoms with Crippen LogP contribution in [0.3, 0.4) is 0 Å². The Kier molecular flexibility index (Phi) is 14.1. The van der Waals surface area contributed by atoms with E-state index in [1.165, 1.54) is 11.1 Å². The van der Waals surface area contributed by atoms with E-state index in [9.17, 15) is 11.0 Å². The van der Waals surface area contributed by atoms with Crippen LogP contribution in [0.1, 0.15) is 90.0 Å². The van der Waals surface area contributed by atoms with E-state index < -0.39 is 48.4 Å². The highest BCUT2D eigenvalue weighted by atomic mass is 32.2. The van der Waals surface area contributed by atoms with Gasteiger partial charge in [-0.15, -0.1) is 0 Å². The van der Waals surface area contributed by atoms with Gasteiger partial charge >= 0.3 is 0 Å². The molecular weight excluding hydrogens is 1400 g/mol. The van der Waals surface area contributed by atoms with Crippen molar-refractivity contribution in [2.45, 2.75) is 88.3 Å². The van der Waals surface area contributed by atoms with Gasteiger partial charge in [0.1, 0.15) is 0 Å². The zero-order valence-electron chi connectivity index (χ0n) is 73.1. The summed E-state index contributed by atoms with van der Waals surface area (Å²) in [6.45, 7) is 19.8. The lowest BCUT2D eigenvalue weighted by Crippen LogP contribution is -2.60. The van der Waals surface area contributed by atoms with Gasteiger partial charge in [-0.1, -0.05) is 328 Å². The molecule has 19 aromatic rings. The van der Waals surface area contributed by atoms with Crippen LogP contribution in [0.4, 0.5) is 17.1 Å². The molecule has 0 saturated carbocycles.